The summed E-state index contributed by atoms with van der Waals surface area (Å²) >= 11 is 0. The third-order valence-electron chi connectivity index (χ3n) is 4.46. The van der Waals surface area contributed by atoms with Crippen LogP contribution in [0.3, 0.4) is 0 Å². The van der Waals surface area contributed by atoms with E-state index in [0.717, 1.165) is 24.2 Å². The molecular formula is C19H28F3N5O. The fourth-order valence-corrected chi connectivity index (χ4v) is 3.06. The molecule has 1 aliphatic rings. The Morgan fingerprint density at radius 1 is 1.25 bits per heavy atom. The zero-order valence-corrected chi connectivity index (χ0v) is 16.4. The number of hydrogen-bond acceptors (Lipinski definition) is 3. The van der Waals surface area contributed by atoms with Crippen LogP contribution in [0.5, 0.6) is 0 Å². The molecule has 0 bridgehead atoms. The van der Waals surface area contributed by atoms with E-state index in [0.29, 0.717) is 38.4 Å². The summed E-state index contributed by atoms with van der Waals surface area (Å²) in [7, 11) is 3.10. The predicted octanol–water partition coefficient (Wildman–Crippen LogP) is 2.36. The Morgan fingerprint density at radius 3 is 2.54 bits per heavy atom. The van der Waals surface area contributed by atoms with Crippen molar-refractivity contribution >= 4 is 17.6 Å². The largest absolute Gasteiger partial charge is 0.401 e. The summed E-state index contributed by atoms with van der Waals surface area (Å²) in [6.07, 6.45) is -2.09. The number of hydrogen-bond donors (Lipinski definition) is 2. The number of rotatable bonds is 8. The molecule has 0 aromatic heterocycles. The summed E-state index contributed by atoms with van der Waals surface area (Å²) in [5.41, 5.74) is 1.96. The number of guanidine groups is 1. The number of amides is 1. The normalized spacial score (nSPS) is 15.4. The summed E-state index contributed by atoms with van der Waals surface area (Å²) in [5, 5.41) is 6.27. The van der Waals surface area contributed by atoms with Crippen molar-refractivity contribution in [2.45, 2.75) is 32.0 Å². The van der Waals surface area contributed by atoms with E-state index in [1.807, 2.05) is 24.3 Å². The van der Waals surface area contributed by atoms with Gasteiger partial charge in [-0.25, -0.2) is 0 Å². The van der Waals surface area contributed by atoms with Gasteiger partial charge in [0.1, 0.15) is 0 Å². The van der Waals surface area contributed by atoms with Crippen LogP contribution >= 0.6 is 0 Å². The smallest absolute Gasteiger partial charge is 0.356 e. The number of nitrogens with zero attached hydrogens (tertiary/aromatic N) is 3. The average molecular weight is 399 g/mol. The highest BCUT2D eigenvalue weighted by Crippen LogP contribution is 2.21. The van der Waals surface area contributed by atoms with E-state index in [2.05, 4.69) is 15.6 Å². The van der Waals surface area contributed by atoms with Crippen molar-refractivity contribution < 1.29 is 18.0 Å². The highest BCUT2D eigenvalue weighted by atomic mass is 19.4. The van der Waals surface area contributed by atoms with E-state index in [1.54, 1.807) is 11.9 Å². The van der Waals surface area contributed by atoms with Gasteiger partial charge in [0, 0.05) is 38.8 Å². The Hall–Kier alpha value is -2.29. The molecular weight excluding hydrogens is 371 g/mol. The van der Waals surface area contributed by atoms with E-state index in [-0.39, 0.29) is 5.91 Å². The van der Waals surface area contributed by atoms with Gasteiger partial charge in [0.05, 0.1) is 6.54 Å². The van der Waals surface area contributed by atoms with E-state index in [4.69, 9.17) is 0 Å². The number of aliphatic imine (C=N–C) groups is 1. The summed E-state index contributed by atoms with van der Waals surface area (Å²) in [6.45, 7) is 1.30. The minimum atomic E-state index is -4.17. The van der Waals surface area contributed by atoms with Gasteiger partial charge in [0.15, 0.2) is 5.96 Å². The molecule has 0 aliphatic carbocycles. The first-order valence-corrected chi connectivity index (χ1v) is 9.37. The summed E-state index contributed by atoms with van der Waals surface area (Å²) in [6, 6.07) is 7.81. The molecule has 1 fully saturated rings. The first-order chi connectivity index (χ1) is 13.3. The van der Waals surface area contributed by atoms with Crippen molar-refractivity contribution in [2.24, 2.45) is 4.99 Å². The predicted molar refractivity (Wildman–Crippen MR) is 104 cm³/mol. The number of alkyl halides is 3. The van der Waals surface area contributed by atoms with Gasteiger partial charge in [-0.3, -0.25) is 14.7 Å². The monoisotopic (exact) mass is 399 g/mol. The highest BCUT2D eigenvalue weighted by Gasteiger charge is 2.28. The van der Waals surface area contributed by atoms with Crippen molar-refractivity contribution in [3.05, 3.63) is 29.8 Å². The molecule has 1 aliphatic heterocycles. The van der Waals surface area contributed by atoms with Gasteiger partial charge in [-0.2, -0.15) is 13.2 Å². The number of benzene rings is 1. The molecule has 1 aromatic carbocycles. The number of halogens is 3. The molecule has 0 unspecified atom stereocenters. The zero-order valence-electron chi connectivity index (χ0n) is 16.4. The van der Waals surface area contributed by atoms with E-state index in [9.17, 15) is 18.0 Å². The summed E-state index contributed by atoms with van der Waals surface area (Å²) in [5.74, 6) is 0.758. The second kappa shape index (κ2) is 10.3. The summed E-state index contributed by atoms with van der Waals surface area (Å²) < 4.78 is 36.9. The zero-order chi connectivity index (χ0) is 20.6. The van der Waals surface area contributed by atoms with E-state index >= 15 is 0 Å². The Morgan fingerprint density at radius 2 is 1.96 bits per heavy atom. The van der Waals surface area contributed by atoms with Crippen LogP contribution in [0.25, 0.3) is 0 Å². The topological polar surface area (TPSA) is 60.0 Å². The van der Waals surface area contributed by atoms with Crippen molar-refractivity contribution in [3.63, 3.8) is 0 Å². The van der Waals surface area contributed by atoms with Crippen molar-refractivity contribution in [2.75, 3.05) is 45.2 Å². The minimum Gasteiger partial charge on any atom is -0.356 e. The van der Waals surface area contributed by atoms with Crippen LogP contribution in [-0.4, -0.2) is 63.2 Å². The Bertz CT molecular complexity index is 661. The van der Waals surface area contributed by atoms with Crippen molar-refractivity contribution in [1.29, 1.82) is 0 Å². The van der Waals surface area contributed by atoms with Crippen LogP contribution in [0.15, 0.2) is 29.3 Å². The Kier molecular flexibility index (Phi) is 8.10. The lowest BCUT2D eigenvalue weighted by Gasteiger charge is -2.19. The second-order valence-electron chi connectivity index (χ2n) is 6.87. The fourth-order valence-electron chi connectivity index (χ4n) is 3.06. The van der Waals surface area contributed by atoms with Gasteiger partial charge in [0.25, 0.3) is 0 Å². The van der Waals surface area contributed by atoms with Crippen LogP contribution in [0.4, 0.5) is 18.9 Å². The number of nitrogens with one attached hydrogen (secondary N) is 2. The molecule has 1 amide bonds. The maximum atomic E-state index is 12.3. The summed E-state index contributed by atoms with van der Waals surface area (Å²) in [4.78, 5) is 19.0. The molecule has 9 heteroatoms. The molecule has 0 spiro atoms. The van der Waals surface area contributed by atoms with Crippen LogP contribution in [0, 0.1) is 0 Å². The Balaban J connectivity index is 1.70. The molecule has 2 rings (SSSR count). The lowest BCUT2D eigenvalue weighted by molar-refractivity contribution is -0.143. The van der Waals surface area contributed by atoms with Crippen LogP contribution < -0.4 is 15.5 Å². The molecule has 6 nitrogen and oxygen atoms in total. The number of anilines is 1. The second-order valence-corrected chi connectivity index (χ2v) is 6.87. The molecule has 0 atom stereocenters. The van der Waals surface area contributed by atoms with E-state index in [1.165, 1.54) is 11.9 Å². The lowest BCUT2D eigenvalue weighted by atomic mass is 10.2. The van der Waals surface area contributed by atoms with Crippen LogP contribution in [0.1, 0.15) is 24.8 Å². The molecule has 1 aromatic rings. The molecule has 156 valence electrons. The molecule has 2 N–H and O–H groups in total. The third kappa shape index (κ3) is 7.38. The molecule has 28 heavy (non-hydrogen) atoms. The maximum Gasteiger partial charge on any atom is 0.401 e. The van der Waals surface area contributed by atoms with Crippen molar-refractivity contribution in [3.8, 4) is 0 Å². The van der Waals surface area contributed by atoms with Gasteiger partial charge in [-0.1, -0.05) is 12.1 Å². The van der Waals surface area contributed by atoms with Gasteiger partial charge in [0.2, 0.25) is 5.91 Å². The van der Waals surface area contributed by atoms with Gasteiger partial charge >= 0.3 is 6.18 Å². The van der Waals surface area contributed by atoms with Crippen LogP contribution in [0.2, 0.25) is 0 Å². The first-order valence-electron chi connectivity index (χ1n) is 9.37. The first kappa shape index (κ1) is 22.0. The molecule has 1 saturated heterocycles. The fraction of sp³-hybridized carbons (Fsp3) is 0.579. The van der Waals surface area contributed by atoms with Gasteiger partial charge < -0.3 is 15.5 Å². The standard InChI is InChI=1S/C19H28F3N5O/c1-23-18(24-10-4-11-26(2)14-19(20,21)22)25-13-15-6-8-16(9-7-15)27-12-3-5-17(27)28/h6-9H,3-5,10-14H2,1-2H3,(H2,23,24,25). The Labute approximate surface area is 163 Å². The molecule has 0 radical (unpaired) electrons. The van der Waals surface area contributed by atoms with Gasteiger partial charge in [-0.15, -0.1) is 0 Å². The SMILES string of the molecule is CN=C(NCCCN(C)CC(F)(F)F)NCc1ccc(N2CCCC2=O)cc1. The quantitative estimate of drug-likeness (QED) is 0.400. The minimum absolute atomic E-state index is 0.163. The number of carbonyl (C=O) groups is 1. The average Bonchev–Trinajstić information content (AvgIpc) is 3.06. The molecule has 0 saturated carbocycles. The maximum absolute atomic E-state index is 12.3. The van der Waals surface area contributed by atoms with Crippen LogP contribution in [-0.2, 0) is 11.3 Å². The van der Waals surface area contributed by atoms with Crippen molar-refractivity contribution in [1.82, 2.24) is 15.5 Å². The van der Waals surface area contributed by atoms with E-state index < -0.39 is 12.7 Å². The molecule has 1 heterocycles. The highest BCUT2D eigenvalue weighted by molar-refractivity contribution is 5.95. The third-order valence-corrected chi connectivity index (χ3v) is 4.46. The lowest BCUT2D eigenvalue weighted by Crippen LogP contribution is -2.39. The van der Waals surface area contributed by atoms with Gasteiger partial charge in [-0.05, 0) is 44.1 Å². The number of carbonyl (C=O) groups excluding carboxylic acids is 1.